The van der Waals surface area contributed by atoms with E-state index >= 15 is 0 Å². The molecule has 2 aromatic rings. The van der Waals surface area contributed by atoms with Crippen LogP contribution in [0.4, 0.5) is 10.5 Å². The third-order valence-electron chi connectivity index (χ3n) is 4.82. The summed E-state index contributed by atoms with van der Waals surface area (Å²) in [6.45, 7) is 7.43. The van der Waals surface area contributed by atoms with Crippen molar-refractivity contribution < 1.29 is 28.7 Å². The van der Waals surface area contributed by atoms with Crippen LogP contribution in [0.1, 0.15) is 47.0 Å². The van der Waals surface area contributed by atoms with Gasteiger partial charge in [-0.15, -0.1) is 0 Å². The predicted molar refractivity (Wildman–Crippen MR) is 140 cm³/mol. The smallest absolute Gasteiger partial charge is 0.315 e. The Labute approximate surface area is 217 Å². The average Bonchev–Trinajstić information content (AvgIpc) is 2.82. The zero-order valence-electron chi connectivity index (χ0n) is 21.8. The SMILES string of the molecule is CCOC(=O)CCNC(=O)C(CCC(=O)Nc1ccc(Oc2ccccc2)cc1)NC(=O)NC(C)(C)C. The molecule has 1 atom stereocenters. The minimum atomic E-state index is -0.975. The molecule has 0 heterocycles. The number of rotatable bonds is 12. The van der Waals surface area contributed by atoms with Crippen molar-refractivity contribution in [2.75, 3.05) is 18.5 Å². The Morgan fingerprint density at radius 1 is 0.892 bits per heavy atom. The fraction of sp³-hybridized carbons (Fsp3) is 0.407. The van der Waals surface area contributed by atoms with Gasteiger partial charge < -0.3 is 30.7 Å². The normalized spacial score (nSPS) is 11.6. The second-order valence-electron chi connectivity index (χ2n) is 9.27. The van der Waals surface area contributed by atoms with Gasteiger partial charge >= 0.3 is 12.0 Å². The summed E-state index contributed by atoms with van der Waals surface area (Å²) in [5.74, 6) is 0.0756. The highest BCUT2D eigenvalue weighted by Gasteiger charge is 2.24. The van der Waals surface area contributed by atoms with Crippen LogP contribution in [-0.4, -0.2) is 48.5 Å². The van der Waals surface area contributed by atoms with Crippen LogP contribution in [0.2, 0.25) is 0 Å². The molecule has 0 saturated carbocycles. The number of hydrogen-bond donors (Lipinski definition) is 4. The summed E-state index contributed by atoms with van der Waals surface area (Å²) >= 11 is 0. The molecule has 0 aromatic heterocycles. The van der Waals surface area contributed by atoms with Gasteiger partial charge in [0.1, 0.15) is 17.5 Å². The molecular formula is C27H36N4O6. The van der Waals surface area contributed by atoms with Gasteiger partial charge in [-0.25, -0.2) is 4.79 Å². The van der Waals surface area contributed by atoms with E-state index in [9.17, 15) is 19.2 Å². The number of para-hydroxylation sites is 1. The van der Waals surface area contributed by atoms with Crippen LogP contribution in [0.25, 0.3) is 0 Å². The van der Waals surface area contributed by atoms with Crippen LogP contribution in [0.5, 0.6) is 11.5 Å². The standard InChI is InChI=1S/C27H36N4O6/c1-5-36-24(33)17-18-28-25(34)22(30-26(35)31-27(2,3)4)15-16-23(32)29-19-11-13-21(14-12-19)37-20-9-7-6-8-10-20/h6-14,22H,5,15-18H2,1-4H3,(H,28,34)(H,29,32)(H2,30,31,35). The monoisotopic (exact) mass is 512 g/mol. The van der Waals surface area contributed by atoms with E-state index in [1.165, 1.54) is 0 Å². The van der Waals surface area contributed by atoms with E-state index in [-0.39, 0.29) is 38.3 Å². The lowest BCUT2D eigenvalue weighted by atomic mass is 10.1. The fourth-order valence-corrected chi connectivity index (χ4v) is 3.18. The maximum absolute atomic E-state index is 12.7. The molecule has 0 aliphatic rings. The third kappa shape index (κ3) is 11.9. The second-order valence-corrected chi connectivity index (χ2v) is 9.27. The van der Waals surface area contributed by atoms with Gasteiger partial charge in [-0.1, -0.05) is 18.2 Å². The van der Waals surface area contributed by atoms with Crippen molar-refractivity contribution in [2.24, 2.45) is 0 Å². The Balaban J connectivity index is 1.91. The number of anilines is 1. The van der Waals surface area contributed by atoms with Gasteiger partial charge in [-0.05, 0) is 70.5 Å². The van der Waals surface area contributed by atoms with Crippen LogP contribution in [0.3, 0.4) is 0 Å². The van der Waals surface area contributed by atoms with Crippen molar-refractivity contribution in [1.82, 2.24) is 16.0 Å². The molecule has 0 aliphatic carbocycles. The van der Waals surface area contributed by atoms with Crippen molar-refractivity contribution in [2.45, 2.75) is 58.5 Å². The lowest BCUT2D eigenvalue weighted by molar-refractivity contribution is -0.143. The zero-order valence-corrected chi connectivity index (χ0v) is 21.8. The highest BCUT2D eigenvalue weighted by Crippen LogP contribution is 2.22. The number of esters is 1. The quantitative estimate of drug-likeness (QED) is 0.320. The molecule has 4 N–H and O–H groups in total. The molecule has 1 unspecified atom stereocenters. The van der Waals surface area contributed by atoms with Gasteiger partial charge in [-0.2, -0.15) is 0 Å². The second kappa shape index (κ2) is 14.5. The van der Waals surface area contributed by atoms with Gasteiger partial charge in [0, 0.05) is 24.2 Å². The molecule has 2 rings (SSSR count). The van der Waals surface area contributed by atoms with Crippen molar-refractivity contribution in [1.29, 1.82) is 0 Å². The van der Waals surface area contributed by atoms with Gasteiger partial charge in [0.05, 0.1) is 13.0 Å². The van der Waals surface area contributed by atoms with Crippen molar-refractivity contribution in [3.63, 3.8) is 0 Å². The molecule has 200 valence electrons. The Bertz CT molecular complexity index is 1040. The summed E-state index contributed by atoms with van der Waals surface area (Å²) in [6.07, 6.45) is 0.0445. The lowest BCUT2D eigenvalue weighted by Gasteiger charge is -2.24. The van der Waals surface area contributed by atoms with E-state index in [1.807, 2.05) is 51.1 Å². The van der Waals surface area contributed by atoms with E-state index in [1.54, 1.807) is 31.2 Å². The van der Waals surface area contributed by atoms with Crippen molar-refractivity contribution >= 4 is 29.5 Å². The maximum Gasteiger partial charge on any atom is 0.315 e. The van der Waals surface area contributed by atoms with Crippen LogP contribution >= 0.6 is 0 Å². The first-order chi connectivity index (χ1) is 17.6. The molecule has 0 spiro atoms. The third-order valence-corrected chi connectivity index (χ3v) is 4.82. The molecule has 0 radical (unpaired) electrons. The topological polar surface area (TPSA) is 135 Å². The van der Waals surface area contributed by atoms with Gasteiger partial charge in [0.2, 0.25) is 11.8 Å². The van der Waals surface area contributed by atoms with Crippen molar-refractivity contribution in [3.8, 4) is 11.5 Å². The predicted octanol–water partition coefficient (Wildman–Crippen LogP) is 3.73. The van der Waals surface area contributed by atoms with E-state index in [0.717, 1.165) is 0 Å². The Morgan fingerprint density at radius 2 is 1.54 bits per heavy atom. The average molecular weight is 513 g/mol. The van der Waals surface area contributed by atoms with Gasteiger partial charge in [0.25, 0.3) is 0 Å². The number of urea groups is 1. The maximum atomic E-state index is 12.7. The number of nitrogens with one attached hydrogen (secondary N) is 4. The molecule has 37 heavy (non-hydrogen) atoms. The summed E-state index contributed by atoms with van der Waals surface area (Å²) in [5, 5.41) is 10.7. The molecule has 0 bridgehead atoms. The Morgan fingerprint density at radius 3 is 2.16 bits per heavy atom. The van der Waals surface area contributed by atoms with Gasteiger partial charge in [-0.3, -0.25) is 14.4 Å². The number of ether oxygens (including phenoxy) is 2. The minimum Gasteiger partial charge on any atom is -0.466 e. The van der Waals surface area contributed by atoms with E-state index in [0.29, 0.717) is 17.2 Å². The molecule has 2 aromatic carbocycles. The fourth-order valence-electron chi connectivity index (χ4n) is 3.18. The number of benzene rings is 2. The Hall–Kier alpha value is -4.08. The highest BCUT2D eigenvalue weighted by molar-refractivity contribution is 5.92. The van der Waals surface area contributed by atoms with Crippen molar-refractivity contribution in [3.05, 3.63) is 54.6 Å². The number of hydrogen-bond acceptors (Lipinski definition) is 6. The Kier molecular flexibility index (Phi) is 11.4. The van der Waals surface area contributed by atoms with Gasteiger partial charge in [0.15, 0.2) is 0 Å². The first kappa shape index (κ1) is 29.2. The first-order valence-corrected chi connectivity index (χ1v) is 12.2. The summed E-state index contributed by atoms with van der Waals surface area (Å²) in [4.78, 5) is 49.1. The summed E-state index contributed by atoms with van der Waals surface area (Å²) in [5.41, 5.74) is 0.0577. The molecule has 10 nitrogen and oxygen atoms in total. The number of amides is 4. The summed E-state index contributed by atoms with van der Waals surface area (Å²) in [6, 6.07) is 14.7. The minimum absolute atomic E-state index is 0.00492. The largest absolute Gasteiger partial charge is 0.466 e. The van der Waals surface area contributed by atoms with Crippen LogP contribution in [0, 0.1) is 0 Å². The number of carbonyl (C=O) groups excluding carboxylic acids is 4. The zero-order chi connectivity index (χ0) is 27.3. The van der Waals surface area contributed by atoms with Crippen LogP contribution in [0.15, 0.2) is 54.6 Å². The van der Waals surface area contributed by atoms with E-state index in [2.05, 4.69) is 21.3 Å². The summed E-state index contributed by atoms with van der Waals surface area (Å²) < 4.78 is 10.6. The molecule has 4 amide bonds. The van der Waals surface area contributed by atoms with E-state index in [4.69, 9.17) is 9.47 Å². The van der Waals surface area contributed by atoms with E-state index < -0.39 is 29.5 Å². The summed E-state index contributed by atoms with van der Waals surface area (Å²) in [7, 11) is 0. The molecular weight excluding hydrogens is 476 g/mol. The molecule has 10 heteroatoms. The first-order valence-electron chi connectivity index (χ1n) is 12.2. The number of carbonyl (C=O) groups is 4. The lowest BCUT2D eigenvalue weighted by Crippen LogP contribution is -2.54. The highest BCUT2D eigenvalue weighted by atomic mass is 16.5. The van der Waals surface area contributed by atoms with Crippen LogP contribution < -0.4 is 26.0 Å². The molecule has 0 aliphatic heterocycles. The van der Waals surface area contributed by atoms with Crippen LogP contribution in [-0.2, 0) is 19.1 Å². The molecule has 0 fully saturated rings. The molecule has 0 saturated heterocycles.